The Kier molecular flexibility index (Phi) is 6.34. The minimum absolute atomic E-state index is 0.0257. The van der Waals surface area contributed by atoms with E-state index in [4.69, 9.17) is 9.47 Å². The van der Waals surface area contributed by atoms with Gasteiger partial charge in [0.1, 0.15) is 5.69 Å². The number of thiophene rings is 1. The summed E-state index contributed by atoms with van der Waals surface area (Å²) in [4.78, 5) is 29.0. The molecule has 6 nitrogen and oxygen atoms in total. The van der Waals surface area contributed by atoms with E-state index in [1.165, 1.54) is 0 Å². The van der Waals surface area contributed by atoms with Crippen molar-refractivity contribution in [1.82, 2.24) is 9.47 Å². The number of aldehydes is 1. The molecule has 0 aliphatic carbocycles. The second-order valence-corrected chi connectivity index (χ2v) is 10.8. The summed E-state index contributed by atoms with van der Waals surface area (Å²) in [7, 11) is 3.43. The van der Waals surface area contributed by atoms with Crippen molar-refractivity contribution in [2.75, 3.05) is 14.2 Å². The van der Waals surface area contributed by atoms with E-state index >= 15 is 0 Å². The molecule has 0 bridgehead atoms. The number of carbonyl (C=O) groups is 2. The highest BCUT2D eigenvalue weighted by Gasteiger charge is 2.35. The van der Waals surface area contributed by atoms with E-state index in [0.29, 0.717) is 29.3 Å². The van der Waals surface area contributed by atoms with E-state index in [9.17, 15) is 9.59 Å². The predicted molar refractivity (Wildman–Crippen MR) is 136 cm³/mol. The van der Waals surface area contributed by atoms with Crippen molar-refractivity contribution in [1.29, 1.82) is 0 Å². The maximum atomic E-state index is 13.8. The Labute approximate surface area is 205 Å². The summed E-state index contributed by atoms with van der Waals surface area (Å²) in [6, 6.07) is 7.98. The summed E-state index contributed by atoms with van der Waals surface area (Å²) in [5.74, 6) is 1.18. The van der Waals surface area contributed by atoms with Gasteiger partial charge < -0.3 is 18.9 Å². The van der Waals surface area contributed by atoms with Gasteiger partial charge in [-0.3, -0.25) is 9.59 Å². The molecule has 2 aromatic heterocycles. The molecule has 1 aliphatic rings. The van der Waals surface area contributed by atoms with Crippen molar-refractivity contribution < 1.29 is 19.1 Å². The van der Waals surface area contributed by atoms with Gasteiger partial charge in [-0.05, 0) is 70.2 Å². The number of methoxy groups -OCH3 is 1. The fraction of sp³-hybridized carbons (Fsp3) is 0.407. The SMILES string of the molecule is COc1cc2c(cc1OC(C)C)-c1c(-c3cccs3)c(C=O)c(C(=O)N(C)C(C)(C)C)n1CC2. The van der Waals surface area contributed by atoms with Gasteiger partial charge in [-0.1, -0.05) is 6.07 Å². The normalized spacial score (nSPS) is 12.8. The van der Waals surface area contributed by atoms with Crippen LogP contribution in [0.15, 0.2) is 29.6 Å². The van der Waals surface area contributed by atoms with E-state index in [2.05, 4.69) is 0 Å². The van der Waals surface area contributed by atoms with Crippen LogP contribution in [0.1, 0.15) is 61.0 Å². The van der Waals surface area contributed by atoms with E-state index in [1.807, 2.05) is 68.8 Å². The van der Waals surface area contributed by atoms with E-state index in [0.717, 1.165) is 40.0 Å². The third kappa shape index (κ3) is 4.02. The summed E-state index contributed by atoms with van der Waals surface area (Å²) in [6.07, 6.45) is 1.53. The maximum absolute atomic E-state index is 13.8. The minimum atomic E-state index is -0.386. The summed E-state index contributed by atoms with van der Waals surface area (Å²) >= 11 is 1.56. The number of rotatable bonds is 6. The smallest absolute Gasteiger partial charge is 0.271 e. The maximum Gasteiger partial charge on any atom is 0.271 e. The van der Waals surface area contributed by atoms with Crippen molar-refractivity contribution in [2.45, 2.75) is 59.2 Å². The molecule has 4 rings (SSSR count). The Hall–Kier alpha value is -3.06. The monoisotopic (exact) mass is 480 g/mol. The summed E-state index contributed by atoms with van der Waals surface area (Å²) in [5, 5.41) is 1.99. The number of carbonyl (C=O) groups excluding carboxylic acids is 2. The number of aryl methyl sites for hydroxylation is 1. The first-order valence-corrected chi connectivity index (χ1v) is 12.4. The van der Waals surface area contributed by atoms with Gasteiger partial charge in [-0.25, -0.2) is 0 Å². The Bertz CT molecular complexity index is 1230. The number of ether oxygens (including phenoxy) is 2. The van der Waals surface area contributed by atoms with Crippen LogP contribution in [0, 0.1) is 0 Å². The predicted octanol–water partition coefficient (Wildman–Crippen LogP) is 5.92. The molecule has 1 aliphatic heterocycles. The number of fused-ring (bicyclic) bond motifs is 3. The fourth-order valence-corrected chi connectivity index (χ4v) is 5.17. The number of aromatic nitrogens is 1. The van der Waals surface area contributed by atoms with Gasteiger partial charge in [-0.15, -0.1) is 11.3 Å². The van der Waals surface area contributed by atoms with E-state index in [1.54, 1.807) is 30.4 Å². The van der Waals surface area contributed by atoms with E-state index < -0.39 is 0 Å². The Morgan fingerprint density at radius 2 is 1.97 bits per heavy atom. The van der Waals surface area contributed by atoms with Gasteiger partial charge in [0.05, 0.1) is 24.5 Å². The molecule has 0 atom stereocenters. The number of hydrogen-bond acceptors (Lipinski definition) is 5. The zero-order valence-corrected chi connectivity index (χ0v) is 21.7. The molecule has 0 unspecified atom stereocenters. The van der Waals surface area contributed by atoms with Crippen LogP contribution >= 0.6 is 11.3 Å². The van der Waals surface area contributed by atoms with Crippen LogP contribution in [0.3, 0.4) is 0 Å². The summed E-state index contributed by atoms with van der Waals surface area (Å²) in [6.45, 7) is 10.5. The van der Waals surface area contributed by atoms with Crippen LogP contribution < -0.4 is 9.47 Å². The van der Waals surface area contributed by atoms with Gasteiger partial charge in [0.25, 0.3) is 5.91 Å². The third-order valence-corrected chi connectivity index (χ3v) is 7.20. The van der Waals surface area contributed by atoms with E-state index in [-0.39, 0.29) is 17.6 Å². The van der Waals surface area contributed by atoms with Crippen LogP contribution in [0.4, 0.5) is 0 Å². The van der Waals surface area contributed by atoms with Crippen molar-refractivity contribution in [3.05, 3.63) is 46.5 Å². The van der Waals surface area contributed by atoms with Gasteiger partial charge in [0.15, 0.2) is 17.8 Å². The molecule has 1 amide bonds. The first kappa shape index (κ1) is 24.1. The highest BCUT2D eigenvalue weighted by atomic mass is 32.1. The Morgan fingerprint density at radius 3 is 2.53 bits per heavy atom. The number of amides is 1. The van der Waals surface area contributed by atoms with Crippen LogP contribution in [0.25, 0.3) is 21.7 Å². The molecule has 0 saturated carbocycles. The number of benzene rings is 1. The van der Waals surface area contributed by atoms with Gasteiger partial charge in [0.2, 0.25) is 0 Å². The first-order chi connectivity index (χ1) is 16.1. The molecule has 0 radical (unpaired) electrons. The highest BCUT2D eigenvalue weighted by molar-refractivity contribution is 7.13. The zero-order chi connectivity index (χ0) is 24.8. The largest absolute Gasteiger partial charge is 0.493 e. The van der Waals surface area contributed by atoms with Gasteiger partial charge >= 0.3 is 0 Å². The molecule has 34 heavy (non-hydrogen) atoms. The molecule has 0 spiro atoms. The molecule has 0 N–H and O–H groups in total. The van der Waals surface area contributed by atoms with Crippen LogP contribution in [-0.2, 0) is 13.0 Å². The molecule has 7 heteroatoms. The lowest BCUT2D eigenvalue weighted by atomic mass is 9.94. The molecule has 3 aromatic rings. The molecular formula is C27H32N2O4S. The first-order valence-electron chi connectivity index (χ1n) is 11.5. The highest BCUT2D eigenvalue weighted by Crippen LogP contribution is 2.47. The van der Waals surface area contributed by atoms with Crippen molar-refractivity contribution in [3.8, 4) is 33.2 Å². The molecule has 3 heterocycles. The lowest BCUT2D eigenvalue weighted by molar-refractivity contribution is 0.0642. The second kappa shape index (κ2) is 8.95. The quantitative estimate of drug-likeness (QED) is 0.411. The molecule has 1 aromatic carbocycles. The third-order valence-electron chi connectivity index (χ3n) is 6.31. The summed E-state index contributed by atoms with van der Waals surface area (Å²) < 4.78 is 13.7. The zero-order valence-electron chi connectivity index (χ0n) is 20.9. The summed E-state index contributed by atoms with van der Waals surface area (Å²) in [5.41, 5.74) is 4.25. The molecule has 0 saturated heterocycles. The Morgan fingerprint density at radius 1 is 1.24 bits per heavy atom. The minimum Gasteiger partial charge on any atom is -0.493 e. The van der Waals surface area contributed by atoms with Gasteiger partial charge in [-0.2, -0.15) is 0 Å². The topological polar surface area (TPSA) is 60.8 Å². The van der Waals surface area contributed by atoms with Crippen molar-refractivity contribution in [2.24, 2.45) is 0 Å². The van der Waals surface area contributed by atoms with Crippen LogP contribution in [0.2, 0.25) is 0 Å². The van der Waals surface area contributed by atoms with Crippen LogP contribution in [-0.4, -0.2) is 47.5 Å². The molecule has 0 fully saturated rings. The lowest BCUT2D eigenvalue weighted by Gasteiger charge is -2.33. The lowest BCUT2D eigenvalue weighted by Crippen LogP contribution is -2.43. The molecule has 180 valence electrons. The average Bonchev–Trinajstić information content (AvgIpc) is 3.42. The second-order valence-electron chi connectivity index (χ2n) is 9.84. The van der Waals surface area contributed by atoms with Gasteiger partial charge in [0, 0.05) is 35.1 Å². The van der Waals surface area contributed by atoms with Crippen molar-refractivity contribution >= 4 is 23.5 Å². The fourth-order valence-electron chi connectivity index (χ4n) is 4.39. The standard InChI is InChI=1S/C27H32N2O4S/c1-16(2)33-21-14-18-17(13-20(21)32-7)10-11-29-24(18)23(22-9-8-12-34-22)19(15-30)25(29)26(31)28(6)27(3,4)5/h8-9,12-16H,10-11H2,1-7H3. The van der Waals surface area contributed by atoms with Crippen molar-refractivity contribution in [3.63, 3.8) is 0 Å². The Balaban J connectivity index is 2.04. The van der Waals surface area contributed by atoms with Crippen LogP contribution in [0.5, 0.6) is 11.5 Å². The number of nitrogens with zero attached hydrogens (tertiary/aromatic N) is 2. The average molecular weight is 481 g/mol. The molecular weight excluding hydrogens is 448 g/mol. The number of hydrogen-bond donors (Lipinski definition) is 0.